The minimum Gasteiger partial charge on any atom is -0.548 e. The first-order chi connectivity index (χ1) is 8.41. The summed E-state index contributed by atoms with van der Waals surface area (Å²) in [5.74, 6) is -3.16. The molecule has 0 spiro atoms. The number of hydrogen-bond acceptors (Lipinski definition) is 4. The number of nitrogens with one attached hydrogen (secondary N) is 1. The predicted octanol–water partition coefficient (Wildman–Crippen LogP) is -1.32. The van der Waals surface area contributed by atoms with Gasteiger partial charge in [-0.2, -0.15) is 0 Å². The number of aliphatic carboxylic acids is 1. The first-order valence-corrected chi connectivity index (χ1v) is 5.34. The van der Waals surface area contributed by atoms with Crippen molar-refractivity contribution in [2.45, 2.75) is 12.5 Å². The van der Waals surface area contributed by atoms with Gasteiger partial charge in [-0.05, 0) is 12.1 Å². The number of primary amides is 1. The second kappa shape index (κ2) is 8.67. The third kappa shape index (κ3) is 6.02. The third-order valence-corrected chi connectivity index (χ3v) is 2.44. The van der Waals surface area contributed by atoms with Gasteiger partial charge in [0.25, 0.3) is 5.91 Å². The van der Waals surface area contributed by atoms with Gasteiger partial charge in [-0.3, -0.25) is 9.59 Å². The average molecular weight is 309 g/mol. The third-order valence-electron chi connectivity index (χ3n) is 2.11. The summed E-state index contributed by atoms with van der Waals surface area (Å²) < 4.78 is 0. The normalized spacial score (nSPS) is 11.0. The summed E-state index contributed by atoms with van der Waals surface area (Å²) in [6, 6.07) is 4.63. The van der Waals surface area contributed by atoms with Gasteiger partial charge < -0.3 is 21.0 Å². The Morgan fingerprint density at radius 3 is 2.37 bits per heavy atom. The Kier molecular flexibility index (Phi) is 8.47. The Hall–Kier alpha value is -0.444. The molecule has 8 heteroatoms. The van der Waals surface area contributed by atoms with Crippen LogP contribution >= 0.6 is 11.6 Å². The zero-order chi connectivity index (χ0) is 13.7. The van der Waals surface area contributed by atoms with E-state index in [2.05, 4.69) is 5.32 Å². The Morgan fingerprint density at radius 2 is 1.89 bits per heavy atom. The number of halogens is 1. The number of benzene rings is 1. The van der Waals surface area contributed by atoms with E-state index in [1.54, 1.807) is 12.1 Å². The first kappa shape index (κ1) is 18.6. The Bertz CT molecular complexity index is 495. The van der Waals surface area contributed by atoms with Crippen LogP contribution in [0.15, 0.2) is 24.3 Å². The summed E-state index contributed by atoms with van der Waals surface area (Å²) in [5.41, 5.74) is 4.97. The van der Waals surface area contributed by atoms with Crippen molar-refractivity contribution in [3.63, 3.8) is 0 Å². The molecule has 19 heavy (non-hydrogen) atoms. The number of hydrogen-bond donors (Lipinski definition) is 2. The molecule has 0 saturated carbocycles. The fourth-order valence-electron chi connectivity index (χ4n) is 1.28. The van der Waals surface area contributed by atoms with Crippen LogP contribution in [0.4, 0.5) is 0 Å². The molecule has 1 aromatic carbocycles. The molecule has 0 aromatic heterocycles. The number of rotatable bonds is 5. The van der Waals surface area contributed by atoms with E-state index in [-0.39, 0.29) is 62.0 Å². The van der Waals surface area contributed by atoms with Gasteiger partial charge in [0.2, 0.25) is 5.91 Å². The van der Waals surface area contributed by atoms with E-state index in [1.165, 1.54) is 12.1 Å². The van der Waals surface area contributed by atoms with Gasteiger partial charge in [0.15, 0.2) is 0 Å². The molecule has 0 bridgehead atoms. The van der Waals surface area contributed by atoms with Gasteiger partial charge >= 0.3 is 0 Å². The molecule has 0 heterocycles. The second-order valence-electron chi connectivity index (χ2n) is 3.50. The van der Waals surface area contributed by atoms with Crippen molar-refractivity contribution in [1.82, 2.24) is 5.32 Å². The van der Waals surface area contributed by atoms with Crippen LogP contribution in [0.5, 0.6) is 0 Å². The van der Waals surface area contributed by atoms with E-state index < -0.39 is 30.2 Å². The van der Waals surface area contributed by atoms with Crippen LogP contribution in [0.1, 0.15) is 16.8 Å². The average Bonchev–Trinajstić information content (AvgIpc) is 2.27. The molecular weight excluding hydrogens is 299 g/mol. The molecule has 1 radical (unpaired) electrons. The van der Waals surface area contributed by atoms with Gasteiger partial charge in [0.05, 0.1) is 29.0 Å². The van der Waals surface area contributed by atoms with Crippen molar-refractivity contribution < 1.29 is 19.5 Å². The summed E-state index contributed by atoms with van der Waals surface area (Å²) in [5, 5.41) is 13.0. The fourth-order valence-corrected chi connectivity index (χ4v) is 1.50. The predicted molar refractivity (Wildman–Crippen MR) is 67.3 cm³/mol. The van der Waals surface area contributed by atoms with Crippen molar-refractivity contribution in [3.8, 4) is 0 Å². The molecule has 1 unspecified atom stereocenters. The van der Waals surface area contributed by atoms with Gasteiger partial charge in [0, 0.05) is 51.4 Å². The van der Waals surface area contributed by atoms with Crippen LogP contribution in [0.2, 0.25) is 5.02 Å². The van der Waals surface area contributed by atoms with Gasteiger partial charge in [-0.25, -0.2) is 0 Å². The Balaban J connectivity index is 0.00000324. The fraction of sp³-hybridized carbons (Fsp3) is 0.182. The maximum atomic E-state index is 11.7. The number of carbonyl (C=O) groups excluding carboxylic acids is 3. The van der Waals surface area contributed by atoms with E-state index in [4.69, 9.17) is 17.3 Å². The Labute approximate surface area is 157 Å². The molecule has 97 valence electrons. The quantitative estimate of drug-likeness (QED) is 0.657. The monoisotopic (exact) mass is 308 g/mol. The van der Waals surface area contributed by atoms with E-state index in [0.29, 0.717) is 0 Å². The van der Waals surface area contributed by atoms with Crippen LogP contribution < -0.4 is 16.2 Å². The maximum Gasteiger partial charge on any atom is 0.253 e. The summed E-state index contributed by atoms with van der Waals surface area (Å²) >= 11 is 5.77. The van der Waals surface area contributed by atoms with E-state index >= 15 is 0 Å². The minimum absolute atomic E-state index is 0. The largest absolute Gasteiger partial charge is 0.548 e. The molecule has 0 aliphatic carbocycles. The standard InChI is InChI=1S/C11H11ClN2O4.K/c12-7-4-2-1-3-6(7)10(16)14-8(11(17)18)5-9(13)15;/h1-4,8H,5H2,(H2,13,15)(H,14,16)(H,17,18);/p-1. The van der Waals surface area contributed by atoms with Crippen LogP contribution in [0.3, 0.4) is 0 Å². The molecule has 1 rings (SSSR count). The molecule has 2 amide bonds. The summed E-state index contributed by atoms with van der Waals surface area (Å²) in [6.07, 6.45) is -0.543. The maximum absolute atomic E-state index is 11.7. The topological polar surface area (TPSA) is 112 Å². The summed E-state index contributed by atoms with van der Waals surface area (Å²) in [7, 11) is 0. The molecule has 0 saturated heterocycles. The number of carboxylic acid groups (broad SMARTS) is 1. The van der Waals surface area contributed by atoms with Crippen LogP contribution in [-0.2, 0) is 9.59 Å². The smallest absolute Gasteiger partial charge is 0.253 e. The molecule has 0 aliphatic rings. The van der Waals surface area contributed by atoms with E-state index in [1.807, 2.05) is 0 Å². The van der Waals surface area contributed by atoms with Gasteiger partial charge in [0.1, 0.15) is 0 Å². The number of carbonyl (C=O) groups is 3. The molecule has 6 nitrogen and oxygen atoms in total. The summed E-state index contributed by atoms with van der Waals surface area (Å²) in [4.78, 5) is 33.1. The van der Waals surface area contributed by atoms with Gasteiger partial charge in [-0.1, -0.05) is 23.7 Å². The Morgan fingerprint density at radius 1 is 1.32 bits per heavy atom. The number of nitrogens with two attached hydrogens (primary N) is 1. The van der Waals surface area contributed by atoms with Crippen molar-refractivity contribution in [1.29, 1.82) is 0 Å². The van der Waals surface area contributed by atoms with Crippen LogP contribution in [0.25, 0.3) is 0 Å². The van der Waals surface area contributed by atoms with Crippen LogP contribution in [0, 0.1) is 0 Å². The number of amides is 2. The van der Waals surface area contributed by atoms with Crippen molar-refractivity contribution >= 4 is 80.8 Å². The first-order valence-electron chi connectivity index (χ1n) is 4.96. The van der Waals surface area contributed by atoms with E-state index in [9.17, 15) is 19.5 Å². The molecule has 0 aliphatic heterocycles. The zero-order valence-electron chi connectivity index (χ0n) is 10.2. The van der Waals surface area contributed by atoms with Crippen molar-refractivity contribution in [3.05, 3.63) is 34.9 Å². The van der Waals surface area contributed by atoms with Gasteiger partial charge in [-0.15, -0.1) is 0 Å². The SMILES string of the molecule is NC(=O)CC(NC(=O)c1ccccc1Cl)C(=O)[O-].[K]. The molecule has 3 N–H and O–H groups in total. The summed E-state index contributed by atoms with van der Waals surface area (Å²) in [6.45, 7) is 0. The molecular formula is C11H10ClKN2O4-. The van der Waals surface area contributed by atoms with Crippen LogP contribution in [-0.4, -0.2) is 75.2 Å². The minimum atomic E-state index is -1.59. The van der Waals surface area contributed by atoms with E-state index in [0.717, 1.165) is 0 Å². The van der Waals surface area contributed by atoms with Crippen molar-refractivity contribution in [2.75, 3.05) is 0 Å². The van der Waals surface area contributed by atoms with Crippen molar-refractivity contribution in [2.24, 2.45) is 5.73 Å². The molecule has 0 fully saturated rings. The molecule has 1 atom stereocenters. The second-order valence-corrected chi connectivity index (χ2v) is 3.90. The number of carboxylic acids is 1. The zero-order valence-corrected chi connectivity index (χ0v) is 14.1. The molecule has 1 aromatic rings.